The normalized spacial score (nSPS) is 11.5. The van der Waals surface area contributed by atoms with Crippen molar-refractivity contribution in [3.63, 3.8) is 0 Å². The number of para-hydroxylation sites is 3. The van der Waals surface area contributed by atoms with Gasteiger partial charge < -0.3 is 9.13 Å². The van der Waals surface area contributed by atoms with Crippen molar-refractivity contribution >= 4 is 32.8 Å². The highest BCUT2D eigenvalue weighted by Crippen LogP contribution is 2.37. The molecular formula is C36H25N5. The fourth-order valence-corrected chi connectivity index (χ4v) is 5.92. The second-order valence-corrected chi connectivity index (χ2v) is 10.3. The van der Waals surface area contributed by atoms with E-state index in [0.29, 0.717) is 0 Å². The molecule has 0 aliphatic heterocycles. The summed E-state index contributed by atoms with van der Waals surface area (Å²) >= 11 is 0. The SMILES string of the molecule is Cn1c(-c2ccc3c4ccccc4n(-c4cc(-c5ccncc5)cc(-c5ccccn5)c4)c3c2)nc2ccccc21. The largest absolute Gasteiger partial charge is 0.327 e. The van der Waals surface area contributed by atoms with Crippen LogP contribution in [0.1, 0.15) is 0 Å². The average Bonchev–Trinajstić information content (AvgIpc) is 3.56. The summed E-state index contributed by atoms with van der Waals surface area (Å²) in [7, 11) is 2.09. The first-order valence-corrected chi connectivity index (χ1v) is 13.7. The molecule has 4 heterocycles. The molecular weight excluding hydrogens is 502 g/mol. The molecule has 0 amide bonds. The third kappa shape index (κ3) is 3.82. The highest BCUT2D eigenvalue weighted by Gasteiger charge is 2.17. The third-order valence-electron chi connectivity index (χ3n) is 7.87. The zero-order valence-electron chi connectivity index (χ0n) is 22.4. The number of fused-ring (bicyclic) bond motifs is 4. The summed E-state index contributed by atoms with van der Waals surface area (Å²) in [6.07, 6.45) is 5.52. The molecule has 5 nitrogen and oxygen atoms in total. The van der Waals surface area contributed by atoms with Crippen molar-refractivity contribution < 1.29 is 0 Å². The number of aryl methyl sites for hydroxylation is 1. The monoisotopic (exact) mass is 527 g/mol. The Morgan fingerprint density at radius 1 is 0.537 bits per heavy atom. The van der Waals surface area contributed by atoms with Crippen molar-refractivity contribution in [3.8, 4) is 39.5 Å². The summed E-state index contributed by atoms with van der Waals surface area (Å²) in [5, 5.41) is 2.42. The molecule has 0 aliphatic rings. The van der Waals surface area contributed by atoms with E-state index in [9.17, 15) is 0 Å². The van der Waals surface area contributed by atoms with E-state index in [1.54, 1.807) is 0 Å². The summed E-state index contributed by atoms with van der Waals surface area (Å²) in [6.45, 7) is 0. The fraction of sp³-hybridized carbons (Fsp3) is 0.0278. The number of aromatic nitrogens is 5. The van der Waals surface area contributed by atoms with Crippen LogP contribution in [0.3, 0.4) is 0 Å². The van der Waals surface area contributed by atoms with Crippen molar-refractivity contribution in [2.75, 3.05) is 0 Å². The quantitative estimate of drug-likeness (QED) is 0.231. The van der Waals surface area contributed by atoms with Crippen molar-refractivity contribution in [2.24, 2.45) is 7.05 Å². The van der Waals surface area contributed by atoms with E-state index in [4.69, 9.17) is 4.98 Å². The second-order valence-electron chi connectivity index (χ2n) is 10.3. The van der Waals surface area contributed by atoms with Crippen LogP contribution in [0.15, 0.2) is 134 Å². The fourth-order valence-electron chi connectivity index (χ4n) is 5.92. The molecule has 0 saturated heterocycles. The Bertz CT molecular complexity index is 2150. The molecule has 0 fully saturated rings. The molecule has 8 aromatic rings. The third-order valence-corrected chi connectivity index (χ3v) is 7.87. The Balaban J connectivity index is 1.42. The van der Waals surface area contributed by atoms with Crippen LogP contribution in [0.5, 0.6) is 0 Å². The van der Waals surface area contributed by atoms with Gasteiger partial charge in [-0.1, -0.05) is 48.5 Å². The van der Waals surface area contributed by atoms with Crippen LogP contribution in [-0.4, -0.2) is 24.1 Å². The summed E-state index contributed by atoms with van der Waals surface area (Å²) in [4.78, 5) is 13.9. The summed E-state index contributed by atoms with van der Waals surface area (Å²) in [5.41, 5.74) is 10.8. The molecule has 194 valence electrons. The number of nitrogens with zero attached hydrogens (tertiary/aromatic N) is 5. The van der Waals surface area contributed by atoms with Gasteiger partial charge in [-0.05, 0) is 77.9 Å². The Hall–Kier alpha value is -5.55. The average molecular weight is 528 g/mol. The molecule has 8 rings (SSSR count). The lowest BCUT2D eigenvalue weighted by Gasteiger charge is -2.14. The first-order valence-electron chi connectivity index (χ1n) is 13.7. The Kier molecular flexibility index (Phi) is 5.28. The number of hydrogen-bond donors (Lipinski definition) is 0. The van der Waals surface area contributed by atoms with E-state index < -0.39 is 0 Å². The molecule has 0 radical (unpaired) electrons. The number of hydrogen-bond acceptors (Lipinski definition) is 3. The predicted octanol–water partition coefficient (Wildman–Crippen LogP) is 8.46. The lowest BCUT2D eigenvalue weighted by atomic mass is 10.0. The van der Waals surface area contributed by atoms with E-state index in [1.807, 2.05) is 36.8 Å². The summed E-state index contributed by atoms with van der Waals surface area (Å²) in [6, 6.07) is 40.4. The zero-order chi connectivity index (χ0) is 27.3. The van der Waals surface area contributed by atoms with Gasteiger partial charge in [-0.25, -0.2) is 4.98 Å². The second kappa shape index (κ2) is 9.28. The molecule has 0 atom stereocenters. The Labute approximate surface area is 237 Å². The molecule has 0 aliphatic carbocycles. The van der Waals surface area contributed by atoms with Crippen molar-refractivity contribution in [1.82, 2.24) is 24.1 Å². The minimum absolute atomic E-state index is 0.936. The molecule has 0 N–H and O–H groups in total. The minimum atomic E-state index is 0.936. The highest BCUT2D eigenvalue weighted by atomic mass is 15.1. The van der Waals surface area contributed by atoms with Gasteiger partial charge in [-0.2, -0.15) is 0 Å². The van der Waals surface area contributed by atoms with Crippen LogP contribution in [0.4, 0.5) is 0 Å². The van der Waals surface area contributed by atoms with Crippen LogP contribution in [-0.2, 0) is 7.05 Å². The molecule has 4 aromatic heterocycles. The van der Waals surface area contributed by atoms with Gasteiger partial charge in [0.15, 0.2) is 0 Å². The molecule has 0 bridgehead atoms. The molecule has 41 heavy (non-hydrogen) atoms. The maximum Gasteiger partial charge on any atom is 0.140 e. The Morgan fingerprint density at radius 2 is 1.29 bits per heavy atom. The maximum atomic E-state index is 4.99. The maximum absolute atomic E-state index is 4.99. The summed E-state index contributed by atoms with van der Waals surface area (Å²) < 4.78 is 4.54. The van der Waals surface area contributed by atoms with Crippen molar-refractivity contribution in [1.29, 1.82) is 0 Å². The highest BCUT2D eigenvalue weighted by molar-refractivity contribution is 6.10. The molecule has 0 spiro atoms. The predicted molar refractivity (Wildman–Crippen MR) is 167 cm³/mol. The van der Waals surface area contributed by atoms with E-state index >= 15 is 0 Å². The van der Waals surface area contributed by atoms with Gasteiger partial charge in [0.1, 0.15) is 5.82 Å². The smallest absolute Gasteiger partial charge is 0.140 e. The van der Waals surface area contributed by atoms with Gasteiger partial charge >= 0.3 is 0 Å². The van der Waals surface area contributed by atoms with Crippen LogP contribution in [0.25, 0.3) is 72.3 Å². The van der Waals surface area contributed by atoms with E-state index in [0.717, 1.165) is 61.5 Å². The van der Waals surface area contributed by atoms with Crippen LogP contribution in [0.2, 0.25) is 0 Å². The van der Waals surface area contributed by atoms with Gasteiger partial charge in [0.05, 0.1) is 27.8 Å². The zero-order valence-corrected chi connectivity index (χ0v) is 22.4. The van der Waals surface area contributed by atoms with Crippen LogP contribution in [0, 0.1) is 0 Å². The molecule has 0 unspecified atom stereocenters. The molecule has 5 heteroatoms. The topological polar surface area (TPSA) is 48.5 Å². The van der Waals surface area contributed by atoms with Gasteiger partial charge in [0.25, 0.3) is 0 Å². The number of imidazole rings is 1. The van der Waals surface area contributed by atoms with Gasteiger partial charge in [-0.15, -0.1) is 0 Å². The van der Waals surface area contributed by atoms with Gasteiger partial charge in [0, 0.05) is 53.2 Å². The summed E-state index contributed by atoms with van der Waals surface area (Å²) in [5.74, 6) is 0.949. The number of pyridine rings is 2. The van der Waals surface area contributed by atoms with Crippen molar-refractivity contribution in [2.45, 2.75) is 0 Å². The standard InChI is InChI=1S/C36H25N5/c1-40-34-12-5-3-10-32(34)39-36(40)25-13-14-30-29-8-2-4-11-33(29)41(35(30)23-25)28-21-26(24-15-18-37-19-16-24)20-27(22-28)31-9-6-7-17-38-31/h2-23H,1H3. The van der Waals surface area contributed by atoms with E-state index in [-0.39, 0.29) is 0 Å². The van der Waals surface area contributed by atoms with Gasteiger partial charge in [-0.3, -0.25) is 9.97 Å². The number of benzene rings is 4. The van der Waals surface area contributed by atoms with Gasteiger partial charge in [0.2, 0.25) is 0 Å². The first-order chi connectivity index (χ1) is 20.2. The molecule has 4 aromatic carbocycles. The van der Waals surface area contributed by atoms with Crippen LogP contribution < -0.4 is 0 Å². The lowest BCUT2D eigenvalue weighted by molar-refractivity contribution is 0.959. The van der Waals surface area contributed by atoms with Crippen LogP contribution >= 0.6 is 0 Å². The van der Waals surface area contributed by atoms with E-state index in [2.05, 4.69) is 123 Å². The minimum Gasteiger partial charge on any atom is -0.327 e. The van der Waals surface area contributed by atoms with Crippen molar-refractivity contribution in [3.05, 3.63) is 134 Å². The number of rotatable bonds is 4. The first kappa shape index (κ1) is 23.3. The lowest BCUT2D eigenvalue weighted by Crippen LogP contribution is -1.97. The van der Waals surface area contributed by atoms with E-state index in [1.165, 1.54) is 10.8 Å². The Morgan fingerprint density at radius 3 is 2.12 bits per heavy atom. The molecule has 0 saturated carbocycles.